The smallest absolute Gasteiger partial charge is 0.254 e. The summed E-state index contributed by atoms with van der Waals surface area (Å²) in [5.41, 5.74) is -0.140. The van der Waals surface area contributed by atoms with Crippen molar-refractivity contribution in [2.45, 2.75) is 25.8 Å². The van der Waals surface area contributed by atoms with E-state index in [-0.39, 0.29) is 23.2 Å². The maximum atomic E-state index is 13.6. The molecule has 2 rings (SSSR count). The molecule has 0 saturated heterocycles. The number of carbonyl (C=O) groups is 1. The highest BCUT2D eigenvalue weighted by Gasteiger charge is 2.32. The second-order valence-corrected chi connectivity index (χ2v) is 4.39. The molecule has 0 bridgehead atoms. The molecule has 18 heavy (non-hydrogen) atoms. The highest BCUT2D eigenvalue weighted by Crippen LogP contribution is 2.29. The number of rotatable bonds is 4. The van der Waals surface area contributed by atoms with Gasteiger partial charge in [0.25, 0.3) is 5.91 Å². The highest BCUT2D eigenvalue weighted by molar-refractivity contribution is 5.95. The first kappa shape index (κ1) is 12.8. The minimum Gasteiger partial charge on any atom is -0.383 e. The van der Waals surface area contributed by atoms with Gasteiger partial charge in [-0.1, -0.05) is 0 Å². The summed E-state index contributed by atoms with van der Waals surface area (Å²) in [5, 5.41) is 2.43. The zero-order valence-corrected chi connectivity index (χ0v) is 10.5. The normalized spacial score (nSPS) is 14.4. The fourth-order valence-corrected chi connectivity index (χ4v) is 2.06. The minimum atomic E-state index is -0.743. The quantitative estimate of drug-likeness (QED) is 0.895. The van der Waals surface area contributed by atoms with E-state index in [1.165, 1.54) is 7.05 Å². The summed E-state index contributed by atoms with van der Waals surface area (Å²) in [6.45, 7) is 2.42. The Morgan fingerprint density at radius 1 is 1.39 bits per heavy atom. The molecule has 1 amide bonds. The van der Waals surface area contributed by atoms with Crippen LogP contribution in [0, 0.1) is 11.6 Å². The largest absolute Gasteiger partial charge is 0.383 e. The standard InChI is InChI=1S/C13H16F2N2O/c1-3-17(9-4-5-9)13(18)8-6-10(14)12(16-2)11(15)7-8/h6-7,9,16H,3-5H2,1-2H3. The molecule has 0 spiro atoms. The summed E-state index contributed by atoms with van der Waals surface area (Å²) in [6, 6.07) is 2.41. The Labute approximate surface area is 105 Å². The fraction of sp³-hybridized carbons (Fsp3) is 0.462. The predicted octanol–water partition coefficient (Wildman–Crippen LogP) is 2.63. The lowest BCUT2D eigenvalue weighted by Crippen LogP contribution is -2.33. The third-order valence-electron chi connectivity index (χ3n) is 3.13. The molecule has 98 valence electrons. The molecule has 0 aliphatic heterocycles. The van der Waals surface area contributed by atoms with Gasteiger partial charge in [0.1, 0.15) is 17.3 Å². The van der Waals surface area contributed by atoms with Crippen molar-refractivity contribution in [3.63, 3.8) is 0 Å². The zero-order valence-electron chi connectivity index (χ0n) is 10.5. The average Bonchev–Trinajstić information content (AvgIpc) is 3.14. The number of halogens is 2. The van der Waals surface area contributed by atoms with Crippen LogP contribution in [0.4, 0.5) is 14.5 Å². The molecule has 0 heterocycles. The van der Waals surface area contributed by atoms with Crippen molar-refractivity contribution in [2.24, 2.45) is 0 Å². The van der Waals surface area contributed by atoms with Crippen molar-refractivity contribution < 1.29 is 13.6 Å². The van der Waals surface area contributed by atoms with Gasteiger partial charge in [0.05, 0.1) is 0 Å². The van der Waals surface area contributed by atoms with Gasteiger partial charge in [-0.25, -0.2) is 8.78 Å². The molecule has 1 aliphatic rings. The van der Waals surface area contributed by atoms with Crippen LogP contribution in [-0.2, 0) is 0 Å². The van der Waals surface area contributed by atoms with E-state index < -0.39 is 11.6 Å². The van der Waals surface area contributed by atoms with Gasteiger partial charge in [-0.15, -0.1) is 0 Å². The van der Waals surface area contributed by atoms with Crippen molar-refractivity contribution in [1.29, 1.82) is 0 Å². The third-order valence-corrected chi connectivity index (χ3v) is 3.13. The molecule has 1 N–H and O–H groups in total. The van der Waals surface area contributed by atoms with Gasteiger partial charge in [-0.05, 0) is 31.9 Å². The topological polar surface area (TPSA) is 32.3 Å². The lowest BCUT2D eigenvalue weighted by atomic mass is 10.1. The molecule has 1 aromatic rings. The number of carbonyl (C=O) groups excluding carboxylic acids is 1. The van der Waals surface area contributed by atoms with Crippen molar-refractivity contribution >= 4 is 11.6 Å². The van der Waals surface area contributed by atoms with Crippen LogP contribution in [0.2, 0.25) is 0 Å². The Kier molecular flexibility index (Phi) is 3.50. The van der Waals surface area contributed by atoms with E-state index in [0.29, 0.717) is 6.54 Å². The Hall–Kier alpha value is -1.65. The third kappa shape index (κ3) is 2.30. The number of nitrogens with zero attached hydrogens (tertiary/aromatic N) is 1. The van der Waals surface area contributed by atoms with E-state index in [4.69, 9.17) is 0 Å². The Morgan fingerprint density at radius 2 is 1.94 bits per heavy atom. The summed E-state index contributed by atoms with van der Waals surface area (Å²) < 4.78 is 27.2. The van der Waals surface area contributed by atoms with Crippen molar-refractivity contribution in [2.75, 3.05) is 18.9 Å². The average molecular weight is 254 g/mol. The van der Waals surface area contributed by atoms with Gasteiger partial charge in [-0.3, -0.25) is 4.79 Å². The molecular weight excluding hydrogens is 238 g/mol. The number of hydrogen-bond acceptors (Lipinski definition) is 2. The van der Waals surface area contributed by atoms with Crippen molar-refractivity contribution in [3.8, 4) is 0 Å². The van der Waals surface area contributed by atoms with E-state index in [1.54, 1.807) is 4.90 Å². The number of hydrogen-bond donors (Lipinski definition) is 1. The van der Waals surface area contributed by atoms with Gasteiger partial charge in [-0.2, -0.15) is 0 Å². The first-order valence-electron chi connectivity index (χ1n) is 6.06. The zero-order chi connectivity index (χ0) is 13.3. The van der Waals surface area contributed by atoms with Gasteiger partial charge in [0.15, 0.2) is 0 Å². The first-order valence-corrected chi connectivity index (χ1v) is 6.06. The molecule has 1 fully saturated rings. The van der Waals surface area contributed by atoms with Crippen molar-refractivity contribution in [3.05, 3.63) is 29.3 Å². The summed E-state index contributed by atoms with van der Waals surface area (Å²) in [6.07, 6.45) is 1.94. The summed E-state index contributed by atoms with van der Waals surface area (Å²) in [7, 11) is 1.44. The van der Waals surface area contributed by atoms with Crippen molar-refractivity contribution in [1.82, 2.24) is 4.90 Å². The van der Waals surface area contributed by atoms with Crippen LogP contribution in [0.5, 0.6) is 0 Å². The lowest BCUT2D eigenvalue weighted by Gasteiger charge is -2.20. The van der Waals surface area contributed by atoms with E-state index >= 15 is 0 Å². The maximum Gasteiger partial charge on any atom is 0.254 e. The second kappa shape index (κ2) is 4.92. The Bertz CT molecular complexity index is 449. The SMILES string of the molecule is CCN(C(=O)c1cc(F)c(NC)c(F)c1)C1CC1. The fourth-order valence-electron chi connectivity index (χ4n) is 2.06. The van der Waals surface area contributed by atoms with Crippen LogP contribution in [0.25, 0.3) is 0 Å². The molecule has 0 aromatic heterocycles. The van der Waals surface area contributed by atoms with Crippen LogP contribution in [0.15, 0.2) is 12.1 Å². The lowest BCUT2D eigenvalue weighted by molar-refractivity contribution is 0.0751. The molecule has 3 nitrogen and oxygen atoms in total. The minimum absolute atomic E-state index is 0.0674. The number of benzene rings is 1. The molecule has 1 aliphatic carbocycles. The van der Waals surface area contributed by atoms with Crippen LogP contribution in [-0.4, -0.2) is 30.4 Å². The van der Waals surface area contributed by atoms with Crippen LogP contribution < -0.4 is 5.32 Å². The second-order valence-electron chi connectivity index (χ2n) is 4.39. The van der Waals surface area contributed by atoms with Gasteiger partial charge in [0, 0.05) is 25.2 Å². The predicted molar refractivity (Wildman–Crippen MR) is 65.6 cm³/mol. The molecule has 1 aromatic carbocycles. The molecule has 0 radical (unpaired) electrons. The molecule has 5 heteroatoms. The number of amides is 1. The summed E-state index contributed by atoms with van der Waals surface area (Å²) >= 11 is 0. The van der Waals surface area contributed by atoms with Crippen LogP contribution >= 0.6 is 0 Å². The van der Waals surface area contributed by atoms with Gasteiger partial charge < -0.3 is 10.2 Å². The summed E-state index contributed by atoms with van der Waals surface area (Å²) in [5.74, 6) is -1.79. The van der Waals surface area contributed by atoms with Crippen LogP contribution in [0.1, 0.15) is 30.1 Å². The van der Waals surface area contributed by atoms with Crippen LogP contribution in [0.3, 0.4) is 0 Å². The van der Waals surface area contributed by atoms with E-state index in [9.17, 15) is 13.6 Å². The van der Waals surface area contributed by atoms with E-state index in [1.807, 2.05) is 6.92 Å². The van der Waals surface area contributed by atoms with E-state index in [2.05, 4.69) is 5.32 Å². The number of nitrogens with one attached hydrogen (secondary N) is 1. The Morgan fingerprint density at radius 3 is 2.33 bits per heavy atom. The van der Waals surface area contributed by atoms with Gasteiger partial charge >= 0.3 is 0 Å². The highest BCUT2D eigenvalue weighted by atomic mass is 19.1. The molecule has 1 saturated carbocycles. The summed E-state index contributed by atoms with van der Waals surface area (Å²) in [4.78, 5) is 13.8. The molecular formula is C13H16F2N2O. The monoisotopic (exact) mass is 254 g/mol. The molecule has 0 atom stereocenters. The maximum absolute atomic E-state index is 13.6. The number of anilines is 1. The van der Waals surface area contributed by atoms with Gasteiger partial charge in [0.2, 0.25) is 0 Å². The van der Waals surface area contributed by atoms with E-state index in [0.717, 1.165) is 25.0 Å². The molecule has 0 unspecified atom stereocenters. The first-order chi connectivity index (χ1) is 8.58. The Balaban J connectivity index is 2.30.